The third kappa shape index (κ3) is 2.74. The number of furan rings is 1. The third-order valence-electron chi connectivity index (χ3n) is 1.96. The molecule has 0 bridgehead atoms. The topological polar surface area (TPSA) is 39.2 Å². The first-order valence-corrected chi connectivity index (χ1v) is 4.62. The summed E-state index contributed by atoms with van der Waals surface area (Å²) in [5.74, 6) is 1.85. The summed E-state index contributed by atoms with van der Waals surface area (Å²) in [4.78, 5) is 0. The molecule has 0 spiro atoms. The molecule has 0 aliphatic carbocycles. The molecule has 0 saturated carbocycles. The fourth-order valence-corrected chi connectivity index (χ4v) is 1.26. The molecular formula is C11H17NO. The second kappa shape index (κ2) is 4.28. The summed E-state index contributed by atoms with van der Waals surface area (Å²) in [7, 11) is 0. The Bertz CT molecular complexity index is 288. The number of aryl methyl sites for hydroxylation is 1. The van der Waals surface area contributed by atoms with Gasteiger partial charge in [0.1, 0.15) is 11.5 Å². The lowest BCUT2D eigenvalue weighted by molar-refractivity contribution is 0.434. The third-order valence-corrected chi connectivity index (χ3v) is 1.96. The van der Waals surface area contributed by atoms with Gasteiger partial charge < -0.3 is 10.2 Å². The normalized spacial score (nSPS) is 12.8. The Kier molecular flexibility index (Phi) is 3.32. The monoisotopic (exact) mass is 179 g/mol. The van der Waals surface area contributed by atoms with Crippen LogP contribution in [0.1, 0.15) is 37.8 Å². The van der Waals surface area contributed by atoms with Gasteiger partial charge in [-0.05, 0) is 25.5 Å². The maximum Gasteiger partial charge on any atom is 0.121 e. The fraction of sp³-hybridized carbons (Fsp3) is 0.455. The average molecular weight is 179 g/mol. The highest BCUT2D eigenvalue weighted by molar-refractivity contribution is 5.12. The molecule has 1 aromatic rings. The van der Waals surface area contributed by atoms with Crippen LogP contribution in [0.2, 0.25) is 0 Å². The summed E-state index contributed by atoms with van der Waals surface area (Å²) in [6.07, 6.45) is 1.70. The van der Waals surface area contributed by atoms with Crippen molar-refractivity contribution >= 4 is 0 Å². The van der Waals surface area contributed by atoms with E-state index < -0.39 is 0 Å². The van der Waals surface area contributed by atoms with Crippen LogP contribution in [0.25, 0.3) is 0 Å². The minimum absolute atomic E-state index is 0.0437. The minimum Gasteiger partial charge on any atom is -0.464 e. The molecule has 0 aliphatic rings. The molecule has 0 radical (unpaired) electrons. The van der Waals surface area contributed by atoms with Crippen LogP contribution >= 0.6 is 0 Å². The smallest absolute Gasteiger partial charge is 0.121 e. The lowest BCUT2D eigenvalue weighted by Crippen LogP contribution is -2.09. The Labute approximate surface area is 79.4 Å². The Morgan fingerprint density at radius 2 is 2.31 bits per heavy atom. The molecule has 0 saturated heterocycles. The van der Waals surface area contributed by atoms with Gasteiger partial charge in [0.2, 0.25) is 0 Å². The van der Waals surface area contributed by atoms with Crippen LogP contribution in [0.4, 0.5) is 0 Å². The van der Waals surface area contributed by atoms with Gasteiger partial charge in [0, 0.05) is 6.42 Å². The van der Waals surface area contributed by atoms with Gasteiger partial charge in [-0.3, -0.25) is 0 Å². The van der Waals surface area contributed by atoms with Crippen LogP contribution in [0.3, 0.4) is 0 Å². The van der Waals surface area contributed by atoms with Crippen LogP contribution in [0.15, 0.2) is 28.7 Å². The Morgan fingerprint density at radius 1 is 1.62 bits per heavy atom. The summed E-state index contributed by atoms with van der Waals surface area (Å²) < 4.78 is 5.53. The van der Waals surface area contributed by atoms with Gasteiger partial charge in [-0.2, -0.15) is 0 Å². The zero-order valence-electron chi connectivity index (χ0n) is 8.34. The van der Waals surface area contributed by atoms with E-state index in [1.165, 1.54) is 0 Å². The predicted octanol–water partition coefficient (Wildman–Crippen LogP) is 2.81. The molecule has 1 atom stereocenters. The molecule has 13 heavy (non-hydrogen) atoms. The molecule has 0 fully saturated rings. The molecule has 0 aromatic carbocycles. The molecular weight excluding hydrogens is 162 g/mol. The largest absolute Gasteiger partial charge is 0.464 e. The zero-order valence-corrected chi connectivity index (χ0v) is 8.34. The highest BCUT2D eigenvalue weighted by atomic mass is 16.3. The number of hydrogen-bond acceptors (Lipinski definition) is 2. The zero-order chi connectivity index (χ0) is 9.84. The standard InChI is InChI=1S/C11H17NO/c1-4-9-5-6-11(13-9)10(12)7-8(2)3/h5-6,10H,2,4,7,12H2,1,3H3. The summed E-state index contributed by atoms with van der Waals surface area (Å²) >= 11 is 0. The lowest BCUT2D eigenvalue weighted by Gasteiger charge is -2.07. The van der Waals surface area contributed by atoms with Crippen molar-refractivity contribution in [1.29, 1.82) is 0 Å². The van der Waals surface area contributed by atoms with Crippen LogP contribution in [0.5, 0.6) is 0 Å². The van der Waals surface area contributed by atoms with Gasteiger partial charge in [0.15, 0.2) is 0 Å². The van der Waals surface area contributed by atoms with E-state index in [0.29, 0.717) is 0 Å². The van der Waals surface area contributed by atoms with E-state index in [4.69, 9.17) is 10.2 Å². The summed E-state index contributed by atoms with van der Waals surface area (Å²) in [6.45, 7) is 7.86. The predicted molar refractivity (Wildman–Crippen MR) is 54.4 cm³/mol. The maximum atomic E-state index is 5.91. The molecule has 1 heterocycles. The molecule has 1 rings (SSSR count). The van der Waals surface area contributed by atoms with Gasteiger partial charge in [-0.1, -0.05) is 12.5 Å². The average Bonchev–Trinajstić information content (AvgIpc) is 2.50. The second-order valence-electron chi connectivity index (χ2n) is 3.43. The molecule has 1 aromatic heterocycles. The van der Waals surface area contributed by atoms with Gasteiger partial charge in [0.05, 0.1) is 6.04 Å². The van der Waals surface area contributed by atoms with Crippen molar-refractivity contribution < 1.29 is 4.42 Å². The first-order valence-electron chi connectivity index (χ1n) is 4.62. The molecule has 2 N–H and O–H groups in total. The van der Waals surface area contributed by atoms with Crippen LogP contribution < -0.4 is 5.73 Å². The van der Waals surface area contributed by atoms with Gasteiger partial charge in [0.25, 0.3) is 0 Å². The summed E-state index contributed by atoms with van der Waals surface area (Å²) in [6, 6.07) is 3.89. The number of rotatable bonds is 4. The van der Waals surface area contributed by atoms with E-state index in [9.17, 15) is 0 Å². The van der Waals surface area contributed by atoms with Crippen molar-refractivity contribution in [3.05, 3.63) is 35.8 Å². The lowest BCUT2D eigenvalue weighted by atomic mass is 10.1. The Balaban J connectivity index is 2.65. The van der Waals surface area contributed by atoms with Crippen LogP contribution in [-0.4, -0.2) is 0 Å². The van der Waals surface area contributed by atoms with Gasteiger partial charge in [-0.25, -0.2) is 0 Å². The second-order valence-corrected chi connectivity index (χ2v) is 3.43. The van der Waals surface area contributed by atoms with Crippen LogP contribution in [0, 0.1) is 0 Å². The van der Waals surface area contributed by atoms with E-state index in [0.717, 1.165) is 29.9 Å². The van der Waals surface area contributed by atoms with E-state index >= 15 is 0 Å². The van der Waals surface area contributed by atoms with Gasteiger partial charge in [-0.15, -0.1) is 6.58 Å². The molecule has 72 valence electrons. The van der Waals surface area contributed by atoms with Crippen molar-refractivity contribution in [1.82, 2.24) is 0 Å². The molecule has 0 aliphatic heterocycles. The highest BCUT2D eigenvalue weighted by Crippen LogP contribution is 2.20. The highest BCUT2D eigenvalue weighted by Gasteiger charge is 2.10. The van der Waals surface area contributed by atoms with E-state index in [1.807, 2.05) is 19.1 Å². The van der Waals surface area contributed by atoms with E-state index in [-0.39, 0.29) is 6.04 Å². The molecule has 2 nitrogen and oxygen atoms in total. The van der Waals surface area contributed by atoms with E-state index in [1.54, 1.807) is 0 Å². The first kappa shape index (κ1) is 10.1. The Morgan fingerprint density at radius 3 is 2.77 bits per heavy atom. The molecule has 1 unspecified atom stereocenters. The van der Waals surface area contributed by atoms with E-state index in [2.05, 4.69) is 13.5 Å². The quantitative estimate of drug-likeness (QED) is 0.722. The van der Waals surface area contributed by atoms with Crippen molar-refractivity contribution in [3.8, 4) is 0 Å². The first-order chi connectivity index (χ1) is 6.13. The Hall–Kier alpha value is -1.02. The summed E-state index contributed by atoms with van der Waals surface area (Å²) in [5, 5.41) is 0. The molecule has 0 amide bonds. The van der Waals surface area contributed by atoms with Crippen molar-refractivity contribution in [2.24, 2.45) is 5.73 Å². The van der Waals surface area contributed by atoms with Gasteiger partial charge >= 0.3 is 0 Å². The number of hydrogen-bond donors (Lipinski definition) is 1. The van der Waals surface area contributed by atoms with Crippen molar-refractivity contribution in [3.63, 3.8) is 0 Å². The van der Waals surface area contributed by atoms with Crippen molar-refractivity contribution in [2.75, 3.05) is 0 Å². The maximum absolute atomic E-state index is 5.91. The number of nitrogens with two attached hydrogens (primary N) is 1. The van der Waals surface area contributed by atoms with Crippen LogP contribution in [-0.2, 0) is 6.42 Å². The SMILES string of the molecule is C=C(C)CC(N)c1ccc(CC)o1. The van der Waals surface area contributed by atoms with Crippen molar-refractivity contribution in [2.45, 2.75) is 32.7 Å². The molecule has 2 heteroatoms. The summed E-state index contributed by atoms with van der Waals surface area (Å²) in [5.41, 5.74) is 6.99. The minimum atomic E-state index is -0.0437. The fourth-order valence-electron chi connectivity index (χ4n) is 1.26.